The van der Waals surface area contributed by atoms with E-state index in [9.17, 15) is 4.21 Å². The molecule has 1 unspecified atom stereocenters. The Morgan fingerprint density at radius 1 is 1.50 bits per heavy atom. The van der Waals surface area contributed by atoms with Crippen molar-refractivity contribution in [2.45, 2.75) is 13.5 Å². The van der Waals surface area contributed by atoms with E-state index in [4.69, 9.17) is 0 Å². The van der Waals surface area contributed by atoms with Crippen LogP contribution in [0, 0.1) is 6.92 Å². The molecule has 0 saturated carbocycles. The number of rotatable bonds is 6. The molecule has 0 amide bonds. The van der Waals surface area contributed by atoms with Gasteiger partial charge < -0.3 is 10.2 Å². The van der Waals surface area contributed by atoms with Crippen molar-refractivity contribution in [2.24, 2.45) is 0 Å². The molecule has 6 heteroatoms. The first kappa shape index (κ1) is 13.6. The number of nitrogens with one attached hydrogen (secondary N) is 1. The third-order valence-corrected chi connectivity index (χ3v) is 4.22. The highest BCUT2D eigenvalue weighted by atomic mass is 32.2. The molecular formula is C10H19N3OS2. The summed E-state index contributed by atoms with van der Waals surface area (Å²) < 4.78 is 10.9. The molecule has 4 nitrogen and oxygen atoms in total. The normalized spacial score (nSPS) is 12.8. The molecule has 0 fully saturated rings. The van der Waals surface area contributed by atoms with Crippen LogP contribution < -0.4 is 10.2 Å². The van der Waals surface area contributed by atoms with Crippen LogP contribution >= 0.6 is 11.3 Å². The second-order valence-corrected chi connectivity index (χ2v) is 6.47. The first-order valence-electron chi connectivity index (χ1n) is 5.15. The van der Waals surface area contributed by atoms with E-state index in [0.29, 0.717) is 5.75 Å². The number of thiazole rings is 1. The van der Waals surface area contributed by atoms with Gasteiger partial charge in [0.1, 0.15) is 0 Å². The molecule has 1 aromatic heterocycles. The van der Waals surface area contributed by atoms with Crippen molar-refractivity contribution in [3.05, 3.63) is 10.6 Å². The van der Waals surface area contributed by atoms with Crippen LogP contribution in [-0.2, 0) is 17.3 Å². The molecule has 1 atom stereocenters. The second-order valence-electron chi connectivity index (χ2n) is 3.85. The number of aromatic nitrogens is 1. The van der Waals surface area contributed by atoms with E-state index in [1.807, 2.05) is 25.9 Å². The number of hydrogen-bond donors (Lipinski definition) is 1. The maximum absolute atomic E-state index is 10.9. The molecule has 1 heterocycles. The third kappa shape index (κ3) is 4.19. The van der Waals surface area contributed by atoms with Crippen molar-refractivity contribution in [3.8, 4) is 0 Å². The number of hydrogen-bond acceptors (Lipinski definition) is 5. The summed E-state index contributed by atoms with van der Waals surface area (Å²) in [5.74, 6) is 0.707. The quantitative estimate of drug-likeness (QED) is 0.776. The van der Waals surface area contributed by atoms with Gasteiger partial charge in [-0.3, -0.25) is 4.21 Å². The van der Waals surface area contributed by atoms with Gasteiger partial charge in [0.25, 0.3) is 0 Å². The fourth-order valence-corrected chi connectivity index (χ4v) is 2.57. The fourth-order valence-electron chi connectivity index (χ4n) is 1.19. The molecule has 0 saturated heterocycles. The van der Waals surface area contributed by atoms with Crippen molar-refractivity contribution in [1.82, 2.24) is 10.3 Å². The summed E-state index contributed by atoms with van der Waals surface area (Å²) in [6.45, 7) is 3.63. The molecule has 0 bridgehead atoms. The molecule has 16 heavy (non-hydrogen) atoms. The zero-order valence-corrected chi connectivity index (χ0v) is 11.9. The topological polar surface area (TPSA) is 45.2 Å². The van der Waals surface area contributed by atoms with Crippen LogP contribution in [0.1, 0.15) is 10.6 Å². The smallest absolute Gasteiger partial charge is 0.185 e. The number of aryl methyl sites for hydroxylation is 1. The van der Waals surface area contributed by atoms with Gasteiger partial charge in [0.2, 0.25) is 0 Å². The maximum atomic E-state index is 10.9. The molecule has 0 aliphatic rings. The first-order valence-corrected chi connectivity index (χ1v) is 7.69. The van der Waals surface area contributed by atoms with E-state index in [0.717, 1.165) is 23.9 Å². The largest absolute Gasteiger partial charge is 0.354 e. The molecule has 0 aliphatic heterocycles. The van der Waals surface area contributed by atoms with Crippen LogP contribution in [-0.4, -0.2) is 41.8 Å². The lowest BCUT2D eigenvalue weighted by atomic mass is 10.4. The van der Waals surface area contributed by atoms with Crippen molar-refractivity contribution < 1.29 is 4.21 Å². The van der Waals surface area contributed by atoms with Gasteiger partial charge in [0.15, 0.2) is 5.13 Å². The Kier molecular flexibility index (Phi) is 5.37. The van der Waals surface area contributed by atoms with Gasteiger partial charge >= 0.3 is 0 Å². The van der Waals surface area contributed by atoms with Gasteiger partial charge in [-0.05, 0) is 6.92 Å². The lowest BCUT2D eigenvalue weighted by molar-refractivity contribution is 0.677. The first-order chi connectivity index (χ1) is 7.50. The van der Waals surface area contributed by atoms with Gasteiger partial charge in [-0.15, -0.1) is 11.3 Å². The molecule has 0 radical (unpaired) electrons. The summed E-state index contributed by atoms with van der Waals surface area (Å²) in [4.78, 5) is 7.74. The molecule has 0 spiro atoms. The fraction of sp³-hybridized carbons (Fsp3) is 0.700. The monoisotopic (exact) mass is 261 g/mol. The zero-order valence-electron chi connectivity index (χ0n) is 10.2. The predicted octanol–water partition coefficient (Wildman–Crippen LogP) is 0.986. The van der Waals surface area contributed by atoms with Crippen molar-refractivity contribution >= 4 is 27.3 Å². The van der Waals surface area contributed by atoms with Crippen LogP contribution in [0.15, 0.2) is 0 Å². The Balaban J connectivity index is 2.44. The van der Waals surface area contributed by atoms with E-state index < -0.39 is 10.8 Å². The summed E-state index contributed by atoms with van der Waals surface area (Å²) >= 11 is 1.70. The van der Waals surface area contributed by atoms with Crippen LogP contribution in [0.4, 0.5) is 5.13 Å². The highest BCUT2D eigenvalue weighted by molar-refractivity contribution is 7.84. The van der Waals surface area contributed by atoms with Gasteiger partial charge in [0.05, 0.1) is 5.69 Å². The van der Waals surface area contributed by atoms with Crippen molar-refractivity contribution in [3.63, 3.8) is 0 Å². The standard InChI is InChI=1S/C10H19N3OS2/c1-8-9(7-11-5-6-16(4)14)15-10(12-8)13(2)3/h11H,5-7H2,1-4H3. The average Bonchev–Trinajstić information content (AvgIpc) is 2.55. The number of nitrogens with zero attached hydrogens (tertiary/aromatic N) is 2. The summed E-state index contributed by atoms with van der Waals surface area (Å²) in [5.41, 5.74) is 1.08. The lowest BCUT2D eigenvalue weighted by Crippen LogP contribution is -2.19. The SMILES string of the molecule is Cc1nc(N(C)C)sc1CNCCS(C)=O. The Morgan fingerprint density at radius 2 is 2.19 bits per heavy atom. The molecule has 92 valence electrons. The van der Waals surface area contributed by atoms with E-state index in [1.54, 1.807) is 17.6 Å². The Labute approximate surface area is 104 Å². The minimum atomic E-state index is -0.714. The van der Waals surface area contributed by atoms with Gasteiger partial charge in [-0.2, -0.15) is 0 Å². The molecule has 1 aromatic rings. The van der Waals surface area contributed by atoms with Gasteiger partial charge in [0, 0.05) is 54.9 Å². The van der Waals surface area contributed by atoms with Crippen molar-refractivity contribution in [2.75, 3.05) is 37.5 Å². The molecule has 0 aliphatic carbocycles. The minimum absolute atomic E-state index is 0.707. The van der Waals surface area contributed by atoms with Crippen LogP contribution in [0.2, 0.25) is 0 Å². The Bertz CT molecular complexity index is 363. The summed E-state index contributed by atoms with van der Waals surface area (Å²) in [5, 5.41) is 4.32. The highest BCUT2D eigenvalue weighted by Gasteiger charge is 2.08. The van der Waals surface area contributed by atoms with Crippen LogP contribution in [0.25, 0.3) is 0 Å². The second kappa shape index (κ2) is 6.32. The van der Waals surface area contributed by atoms with Crippen molar-refractivity contribution in [1.29, 1.82) is 0 Å². The van der Waals surface area contributed by atoms with E-state index in [1.165, 1.54) is 4.88 Å². The summed E-state index contributed by atoms with van der Waals surface area (Å²) in [6.07, 6.45) is 1.73. The predicted molar refractivity (Wildman–Crippen MR) is 71.8 cm³/mol. The Hall–Kier alpha value is -0.460. The van der Waals surface area contributed by atoms with Crippen LogP contribution in [0.5, 0.6) is 0 Å². The van der Waals surface area contributed by atoms with Crippen LogP contribution in [0.3, 0.4) is 0 Å². The van der Waals surface area contributed by atoms with Gasteiger partial charge in [-0.25, -0.2) is 4.98 Å². The number of anilines is 1. The van der Waals surface area contributed by atoms with E-state index >= 15 is 0 Å². The Morgan fingerprint density at radius 3 is 2.69 bits per heavy atom. The summed E-state index contributed by atoms with van der Waals surface area (Å²) in [7, 11) is 3.28. The average molecular weight is 261 g/mol. The molecule has 1 rings (SSSR count). The highest BCUT2D eigenvalue weighted by Crippen LogP contribution is 2.23. The minimum Gasteiger partial charge on any atom is -0.354 e. The molecule has 1 N–H and O–H groups in total. The zero-order chi connectivity index (χ0) is 12.1. The lowest BCUT2D eigenvalue weighted by Gasteiger charge is -2.05. The molecule has 0 aromatic carbocycles. The summed E-state index contributed by atoms with van der Waals surface area (Å²) in [6, 6.07) is 0. The maximum Gasteiger partial charge on any atom is 0.185 e. The van der Waals surface area contributed by atoms with Gasteiger partial charge in [-0.1, -0.05) is 0 Å². The van der Waals surface area contributed by atoms with E-state index in [-0.39, 0.29) is 0 Å². The third-order valence-electron chi connectivity index (χ3n) is 2.12. The molecular weight excluding hydrogens is 242 g/mol. The van der Waals surface area contributed by atoms with E-state index in [2.05, 4.69) is 10.3 Å².